The largest absolute Gasteiger partial charge is 0.351 e. The monoisotopic (exact) mass is 402 g/mol. The number of likely N-dealkylation sites (N-methyl/N-ethyl adjacent to an activating group) is 1. The topological polar surface area (TPSA) is 80.8 Å². The van der Waals surface area contributed by atoms with E-state index in [2.05, 4.69) is 58.6 Å². The van der Waals surface area contributed by atoms with Gasteiger partial charge in [-0.25, -0.2) is 4.99 Å². The molecule has 4 rings (SSSR count). The quantitative estimate of drug-likeness (QED) is 0.535. The molecule has 2 aliphatic rings. The molecular formula is C23H26N6O. The number of aryl methyl sites for hydroxylation is 1. The van der Waals surface area contributed by atoms with E-state index in [1.807, 2.05) is 48.5 Å². The Morgan fingerprint density at radius 2 is 1.87 bits per heavy atom. The van der Waals surface area contributed by atoms with Crippen molar-refractivity contribution >= 4 is 23.1 Å². The van der Waals surface area contributed by atoms with Gasteiger partial charge in [0.1, 0.15) is 5.84 Å². The fourth-order valence-electron chi connectivity index (χ4n) is 3.31. The first kappa shape index (κ1) is 19.9. The molecule has 2 heterocycles. The number of carbonyl (C=O) groups excluding carboxylic acids is 1. The van der Waals surface area contributed by atoms with Gasteiger partial charge in [-0.05, 0) is 56.0 Å². The summed E-state index contributed by atoms with van der Waals surface area (Å²) in [5.74, 6) is 0.775. The highest BCUT2D eigenvalue weighted by molar-refractivity contribution is 6.02. The lowest BCUT2D eigenvalue weighted by molar-refractivity contribution is 0.0954. The minimum Gasteiger partial charge on any atom is -0.351 e. The highest BCUT2D eigenvalue weighted by atomic mass is 16.1. The first-order valence-corrected chi connectivity index (χ1v) is 10.0. The van der Waals surface area contributed by atoms with E-state index in [1.165, 1.54) is 5.56 Å². The summed E-state index contributed by atoms with van der Waals surface area (Å²) in [5.41, 5.74) is 8.31. The molecule has 30 heavy (non-hydrogen) atoms. The fourth-order valence-corrected chi connectivity index (χ4v) is 3.31. The molecule has 2 aliphatic heterocycles. The Morgan fingerprint density at radius 1 is 1.10 bits per heavy atom. The second kappa shape index (κ2) is 8.94. The lowest BCUT2D eigenvalue weighted by atomic mass is 10.1. The van der Waals surface area contributed by atoms with Gasteiger partial charge < -0.3 is 16.0 Å². The number of amidine groups is 1. The highest BCUT2D eigenvalue weighted by Gasteiger charge is 2.27. The van der Waals surface area contributed by atoms with Crippen LogP contribution in [0.15, 0.2) is 71.8 Å². The molecule has 0 saturated heterocycles. The molecule has 1 unspecified atom stereocenters. The van der Waals surface area contributed by atoms with E-state index in [0.29, 0.717) is 12.1 Å². The summed E-state index contributed by atoms with van der Waals surface area (Å²) in [6.07, 6.45) is 5.76. The molecule has 154 valence electrons. The van der Waals surface area contributed by atoms with Crippen molar-refractivity contribution in [3.8, 4) is 0 Å². The molecule has 0 aromatic heterocycles. The second-order valence-electron chi connectivity index (χ2n) is 7.21. The zero-order valence-corrected chi connectivity index (χ0v) is 17.1. The van der Waals surface area contributed by atoms with Crippen LogP contribution in [0.5, 0.6) is 0 Å². The Balaban J connectivity index is 1.40. The number of aliphatic imine (C=N–C) groups is 1. The van der Waals surface area contributed by atoms with Crippen LogP contribution in [0.3, 0.4) is 0 Å². The highest BCUT2D eigenvalue weighted by Crippen LogP contribution is 2.25. The number of amides is 1. The van der Waals surface area contributed by atoms with Crippen LogP contribution in [-0.4, -0.2) is 43.2 Å². The van der Waals surface area contributed by atoms with Gasteiger partial charge in [0, 0.05) is 24.3 Å². The van der Waals surface area contributed by atoms with Crippen LogP contribution in [0.4, 0.5) is 5.69 Å². The molecule has 2 aromatic carbocycles. The van der Waals surface area contributed by atoms with Crippen molar-refractivity contribution in [2.45, 2.75) is 13.2 Å². The molecule has 1 amide bonds. The number of nitrogens with one attached hydrogen (secondary N) is 4. The Morgan fingerprint density at radius 3 is 2.60 bits per heavy atom. The fraction of sp³-hybridized carbons (Fsp3) is 0.217. The molecule has 7 nitrogen and oxygen atoms in total. The average molecular weight is 403 g/mol. The number of rotatable bonds is 7. The standard InChI is InChI=1S/C23H26N6O/c1-16-6-8-17(9-7-16)20-4-3-5-21-27-23(28-29(20)21)26-19-12-10-18(11-13-19)22(30)25-15-14-24-2/h3-13,23-24,26,28H,14-15H2,1-2H3,(H,25,30). The van der Waals surface area contributed by atoms with Crippen LogP contribution in [0.2, 0.25) is 0 Å². The Labute approximate surface area is 176 Å². The predicted molar refractivity (Wildman–Crippen MR) is 121 cm³/mol. The third-order valence-corrected chi connectivity index (χ3v) is 4.94. The molecule has 0 bridgehead atoms. The molecule has 0 spiro atoms. The molecule has 0 saturated carbocycles. The number of hydrogen-bond acceptors (Lipinski definition) is 6. The summed E-state index contributed by atoms with van der Waals surface area (Å²) in [6.45, 7) is 3.42. The zero-order valence-electron chi connectivity index (χ0n) is 17.1. The summed E-state index contributed by atoms with van der Waals surface area (Å²) >= 11 is 0. The average Bonchev–Trinajstić information content (AvgIpc) is 3.17. The van der Waals surface area contributed by atoms with Crippen LogP contribution in [-0.2, 0) is 0 Å². The number of anilines is 1. The van der Waals surface area contributed by atoms with Gasteiger partial charge in [0.25, 0.3) is 5.91 Å². The lowest BCUT2D eigenvalue weighted by Gasteiger charge is -2.26. The second-order valence-corrected chi connectivity index (χ2v) is 7.21. The van der Waals surface area contributed by atoms with E-state index in [1.54, 1.807) is 0 Å². The molecule has 2 aromatic rings. The van der Waals surface area contributed by atoms with Crippen molar-refractivity contribution in [2.75, 3.05) is 25.5 Å². The van der Waals surface area contributed by atoms with Crippen molar-refractivity contribution in [3.05, 3.63) is 83.4 Å². The summed E-state index contributed by atoms with van der Waals surface area (Å²) in [5, 5.41) is 11.2. The van der Waals surface area contributed by atoms with E-state index in [0.717, 1.165) is 29.3 Å². The summed E-state index contributed by atoms with van der Waals surface area (Å²) < 4.78 is 0. The normalized spacial score (nSPS) is 17.3. The van der Waals surface area contributed by atoms with Gasteiger partial charge in [-0.3, -0.25) is 9.80 Å². The van der Waals surface area contributed by atoms with E-state index < -0.39 is 0 Å². The Hall–Kier alpha value is -3.42. The Kier molecular flexibility index (Phi) is 5.92. The molecule has 1 atom stereocenters. The number of allylic oxidation sites excluding steroid dienone is 2. The maximum Gasteiger partial charge on any atom is 0.251 e. The molecule has 0 aliphatic carbocycles. The molecule has 4 N–H and O–H groups in total. The zero-order chi connectivity index (χ0) is 20.9. The van der Waals surface area contributed by atoms with E-state index in [-0.39, 0.29) is 12.2 Å². The minimum atomic E-state index is -0.299. The van der Waals surface area contributed by atoms with Crippen molar-refractivity contribution in [2.24, 2.45) is 4.99 Å². The molecule has 0 fully saturated rings. The molecule has 0 radical (unpaired) electrons. The van der Waals surface area contributed by atoms with Crippen molar-refractivity contribution in [3.63, 3.8) is 0 Å². The van der Waals surface area contributed by atoms with Crippen LogP contribution < -0.4 is 21.4 Å². The van der Waals surface area contributed by atoms with Crippen LogP contribution in [0, 0.1) is 6.92 Å². The number of hydrogen-bond donors (Lipinski definition) is 4. The number of hydrazine groups is 1. The summed E-state index contributed by atoms with van der Waals surface area (Å²) in [4.78, 5) is 16.8. The van der Waals surface area contributed by atoms with Crippen LogP contribution >= 0.6 is 0 Å². The number of nitrogens with zero attached hydrogens (tertiary/aromatic N) is 2. The van der Waals surface area contributed by atoms with Gasteiger partial charge in [-0.2, -0.15) is 5.43 Å². The third kappa shape index (κ3) is 4.42. The third-order valence-electron chi connectivity index (χ3n) is 4.94. The van der Waals surface area contributed by atoms with E-state index in [4.69, 9.17) is 4.99 Å². The number of benzene rings is 2. The van der Waals surface area contributed by atoms with Gasteiger partial charge in [0.2, 0.25) is 0 Å². The van der Waals surface area contributed by atoms with Crippen LogP contribution in [0.1, 0.15) is 21.5 Å². The van der Waals surface area contributed by atoms with Crippen molar-refractivity contribution < 1.29 is 4.79 Å². The van der Waals surface area contributed by atoms with E-state index in [9.17, 15) is 4.79 Å². The van der Waals surface area contributed by atoms with Crippen molar-refractivity contribution in [1.82, 2.24) is 21.1 Å². The van der Waals surface area contributed by atoms with E-state index >= 15 is 0 Å². The summed E-state index contributed by atoms with van der Waals surface area (Å²) in [7, 11) is 1.86. The lowest BCUT2D eigenvalue weighted by Crippen LogP contribution is -2.42. The van der Waals surface area contributed by atoms with Gasteiger partial charge >= 0.3 is 0 Å². The van der Waals surface area contributed by atoms with Gasteiger partial charge in [0.15, 0.2) is 6.29 Å². The molecule has 7 heteroatoms. The van der Waals surface area contributed by atoms with Gasteiger partial charge in [0.05, 0.1) is 5.70 Å². The number of fused-ring (bicyclic) bond motifs is 1. The first-order valence-electron chi connectivity index (χ1n) is 10.0. The minimum absolute atomic E-state index is 0.0776. The summed E-state index contributed by atoms with van der Waals surface area (Å²) in [6, 6.07) is 15.8. The van der Waals surface area contributed by atoms with Crippen LogP contribution in [0.25, 0.3) is 5.70 Å². The number of carbonyl (C=O) groups is 1. The molecular weight excluding hydrogens is 376 g/mol. The maximum atomic E-state index is 12.1. The maximum absolute atomic E-state index is 12.1. The van der Waals surface area contributed by atoms with Gasteiger partial charge in [-0.15, -0.1) is 0 Å². The van der Waals surface area contributed by atoms with Gasteiger partial charge in [-0.1, -0.05) is 35.9 Å². The first-order chi connectivity index (χ1) is 14.6. The van der Waals surface area contributed by atoms with Crippen molar-refractivity contribution in [1.29, 1.82) is 0 Å². The smallest absolute Gasteiger partial charge is 0.251 e. The SMILES string of the molecule is CNCCNC(=O)c1ccc(NC2N=C3C=CC=C(c4ccc(C)cc4)N3N2)cc1. The Bertz CT molecular complexity index is 991. The predicted octanol–water partition coefficient (Wildman–Crippen LogP) is 2.47.